The van der Waals surface area contributed by atoms with Crippen molar-refractivity contribution in [3.63, 3.8) is 0 Å². The Morgan fingerprint density at radius 2 is 1.83 bits per heavy atom. The number of carbonyl (C=O) groups excluding carboxylic acids is 1. The Morgan fingerprint density at radius 1 is 1.10 bits per heavy atom. The maximum Gasteiger partial charge on any atom is 0.266 e. The molecule has 0 aliphatic carbocycles. The monoisotopic (exact) mass is 418 g/mol. The van der Waals surface area contributed by atoms with E-state index in [1.165, 1.54) is 13.2 Å². The number of nitriles is 1. The van der Waals surface area contributed by atoms with Gasteiger partial charge in [0.1, 0.15) is 29.7 Å². The van der Waals surface area contributed by atoms with Crippen LogP contribution in [-0.2, 0) is 11.4 Å². The van der Waals surface area contributed by atoms with Crippen molar-refractivity contribution < 1.29 is 14.3 Å². The number of halogens is 1. The largest absolute Gasteiger partial charge is 0.495 e. The zero-order valence-corrected chi connectivity index (χ0v) is 17.0. The van der Waals surface area contributed by atoms with E-state index in [2.05, 4.69) is 5.32 Å². The summed E-state index contributed by atoms with van der Waals surface area (Å²) in [7, 11) is 1.52. The molecule has 0 unspecified atom stereocenters. The van der Waals surface area contributed by atoms with E-state index in [1.54, 1.807) is 42.5 Å². The lowest BCUT2D eigenvalue weighted by Gasteiger charge is -2.08. The first kappa shape index (κ1) is 21.0. The van der Waals surface area contributed by atoms with Gasteiger partial charge in [0, 0.05) is 5.69 Å². The molecule has 0 saturated heterocycles. The summed E-state index contributed by atoms with van der Waals surface area (Å²) in [6.45, 7) is 0.457. The molecule has 0 radical (unpaired) electrons. The molecule has 6 heteroatoms. The predicted octanol–water partition coefficient (Wildman–Crippen LogP) is 5.47. The second kappa shape index (κ2) is 10.1. The highest BCUT2D eigenvalue weighted by molar-refractivity contribution is 6.32. The third-order valence-corrected chi connectivity index (χ3v) is 4.51. The Morgan fingerprint density at radius 3 is 2.47 bits per heavy atom. The van der Waals surface area contributed by atoms with Crippen LogP contribution in [0.1, 0.15) is 11.1 Å². The fraction of sp³-hybridized carbons (Fsp3) is 0.0833. The van der Waals surface area contributed by atoms with Crippen LogP contribution < -0.4 is 14.8 Å². The molecule has 1 amide bonds. The van der Waals surface area contributed by atoms with Crippen molar-refractivity contribution in [3.05, 3.63) is 94.5 Å². The van der Waals surface area contributed by atoms with Crippen LogP contribution in [0.5, 0.6) is 11.5 Å². The van der Waals surface area contributed by atoms with Crippen molar-refractivity contribution in [2.24, 2.45) is 0 Å². The number of hydrogen-bond donors (Lipinski definition) is 1. The Hall–Kier alpha value is -3.75. The van der Waals surface area contributed by atoms with E-state index in [0.717, 1.165) is 5.56 Å². The molecular formula is C24H19ClN2O3. The van der Waals surface area contributed by atoms with E-state index in [0.29, 0.717) is 34.4 Å². The number of anilines is 1. The highest BCUT2D eigenvalue weighted by Crippen LogP contribution is 2.26. The average molecular weight is 419 g/mol. The van der Waals surface area contributed by atoms with Crippen molar-refractivity contribution in [2.75, 3.05) is 12.4 Å². The van der Waals surface area contributed by atoms with E-state index in [4.69, 9.17) is 21.1 Å². The smallest absolute Gasteiger partial charge is 0.266 e. The van der Waals surface area contributed by atoms with Crippen LogP contribution in [0.15, 0.2) is 78.4 Å². The van der Waals surface area contributed by atoms with Gasteiger partial charge in [0.15, 0.2) is 0 Å². The number of rotatable bonds is 7. The Balaban J connectivity index is 1.63. The number of carbonyl (C=O) groups is 1. The van der Waals surface area contributed by atoms with Crippen LogP contribution in [0.3, 0.4) is 0 Å². The Kier molecular flexibility index (Phi) is 7.09. The fourth-order valence-corrected chi connectivity index (χ4v) is 2.93. The molecule has 1 N–H and O–H groups in total. The normalized spacial score (nSPS) is 10.8. The highest BCUT2D eigenvalue weighted by atomic mass is 35.5. The van der Waals surface area contributed by atoms with Gasteiger partial charge in [0.05, 0.1) is 12.1 Å². The number of nitrogens with one attached hydrogen (secondary N) is 1. The summed E-state index contributed by atoms with van der Waals surface area (Å²) in [6, 6.07) is 23.7. The van der Waals surface area contributed by atoms with Gasteiger partial charge >= 0.3 is 0 Å². The van der Waals surface area contributed by atoms with Crippen molar-refractivity contribution in [1.29, 1.82) is 5.26 Å². The SMILES string of the molecule is COc1ccc(/C=C(\C#N)C(=O)Nc2ccc(OCc3ccccc3)cc2)cc1Cl. The number of benzene rings is 3. The van der Waals surface area contributed by atoms with Gasteiger partial charge in [-0.05, 0) is 53.6 Å². The third kappa shape index (κ3) is 5.63. The van der Waals surface area contributed by atoms with Crippen molar-refractivity contribution >= 4 is 29.3 Å². The molecule has 0 fully saturated rings. The summed E-state index contributed by atoms with van der Waals surface area (Å²) >= 11 is 6.10. The highest BCUT2D eigenvalue weighted by Gasteiger charge is 2.10. The summed E-state index contributed by atoms with van der Waals surface area (Å²) in [5, 5.41) is 12.5. The lowest BCUT2D eigenvalue weighted by Crippen LogP contribution is -2.13. The van der Waals surface area contributed by atoms with Crippen LogP contribution in [0.25, 0.3) is 6.08 Å². The van der Waals surface area contributed by atoms with Crippen molar-refractivity contribution in [1.82, 2.24) is 0 Å². The molecule has 150 valence electrons. The summed E-state index contributed by atoms with van der Waals surface area (Å²) < 4.78 is 10.8. The minimum Gasteiger partial charge on any atom is -0.495 e. The quantitative estimate of drug-likeness (QED) is 0.407. The molecule has 30 heavy (non-hydrogen) atoms. The molecule has 3 rings (SSSR count). The third-order valence-electron chi connectivity index (χ3n) is 4.21. The second-order valence-electron chi connectivity index (χ2n) is 6.32. The van der Waals surface area contributed by atoms with Gasteiger partial charge in [-0.15, -0.1) is 0 Å². The van der Waals surface area contributed by atoms with E-state index < -0.39 is 5.91 Å². The molecule has 0 heterocycles. The van der Waals surface area contributed by atoms with Gasteiger partial charge in [0.2, 0.25) is 0 Å². The van der Waals surface area contributed by atoms with Gasteiger partial charge in [-0.25, -0.2) is 0 Å². The lowest BCUT2D eigenvalue weighted by molar-refractivity contribution is -0.112. The molecular weight excluding hydrogens is 400 g/mol. The first-order valence-electron chi connectivity index (χ1n) is 9.12. The number of nitrogens with zero attached hydrogens (tertiary/aromatic N) is 1. The average Bonchev–Trinajstić information content (AvgIpc) is 2.77. The molecule has 0 bridgehead atoms. The molecule has 3 aromatic carbocycles. The molecule has 0 atom stereocenters. The molecule has 5 nitrogen and oxygen atoms in total. The zero-order chi connectivity index (χ0) is 21.3. The number of amides is 1. The Bertz CT molecular complexity index is 1090. The van der Waals surface area contributed by atoms with Gasteiger partial charge in [-0.2, -0.15) is 5.26 Å². The first-order chi connectivity index (χ1) is 14.6. The van der Waals surface area contributed by atoms with Crippen LogP contribution >= 0.6 is 11.6 Å². The van der Waals surface area contributed by atoms with Crippen LogP contribution in [0.2, 0.25) is 5.02 Å². The predicted molar refractivity (Wildman–Crippen MR) is 117 cm³/mol. The second-order valence-corrected chi connectivity index (χ2v) is 6.72. The lowest BCUT2D eigenvalue weighted by atomic mass is 10.1. The summed E-state index contributed by atoms with van der Waals surface area (Å²) in [4.78, 5) is 12.5. The Labute approximate surface area is 180 Å². The standard InChI is InChI=1S/C24H19ClN2O3/c1-29-23-12-7-18(14-22(23)25)13-19(15-26)24(28)27-20-8-10-21(11-9-20)30-16-17-5-3-2-4-6-17/h2-14H,16H2,1H3,(H,27,28)/b19-13+. The topological polar surface area (TPSA) is 71.3 Å². The first-order valence-corrected chi connectivity index (χ1v) is 9.50. The van der Waals surface area contributed by atoms with E-state index in [-0.39, 0.29) is 5.57 Å². The van der Waals surface area contributed by atoms with E-state index in [1.807, 2.05) is 36.4 Å². The summed E-state index contributed by atoms with van der Waals surface area (Å²) in [5.41, 5.74) is 2.20. The van der Waals surface area contributed by atoms with Gasteiger partial charge in [0.25, 0.3) is 5.91 Å². The summed E-state index contributed by atoms with van der Waals surface area (Å²) in [6.07, 6.45) is 1.47. The number of methoxy groups -OCH3 is 1. The van der Waals surface area contributed by atoms with Crippen molar-refractivity contribution in [3.8, 4) is 17.6 Å². The van der Waals surface area contributed by atoms with Crippen LogP contribution in [-0.4, -0.2) is 13.0 Å². The molecule has 0 spiro atoms. The molecule has 0 aliphatic rings. The minimum atomic E-state index is -0.512. The van der Waals surface area contributed by atoms with Gasteiger partial charge in [-0.1, -0.05) is 48.0 Å². The maximum atomic E-state index is 12.5. The van der Waals surface area contributed by atoms with Gasteiger partial charge in [-0.3, -0.25) is 4.79 Å². The molecule has 0 saturated carbocycles. The molecule has 0 aromatic heterocycles. The fourth-order valence-electron chi connectivity index (χ4n) is 2.66. The van der Waals surface area contributed by atoms with E-state index in [9.17, 15) is 10.1 Å². The zero-order valence-electron chi connectivity index (χ0n) is 16.3. The summed E-state index contributed by atoms with van der Waals surface area (Å²) in [5.74, 6) is 0.689. The number of ether oxygens (including phenoxy) is 2. The van der Waals surface area contributed by atoms with Gasteiger partial charge < -0.3 is 14.8 Å². The maximum absolute atomic E-state index is 12.5. The van der Waals surface area contributed by atoms with E-state index >= 15 is 0 Å². The minimum absolute atomic E-state index is 0.0411. The number of hydrogen-bond acceptors (Lipinski definition) is 4. The molecule has 0 aliphatic heterocycles. The van der Waals surface area contributed by atoms with Crippen LogP contribution in [0, 0.1) is 11.3 Å². The molecule has 3 aromatic rings. The van der Waals surface area contributed by atoms with Crippen LogP contribution in [0.4, 0.5) is 5.69 Å². The van der Waals surface area contributed by atoms with Crippen molar-refractivity contribution in [2.45, 2.75) is 6.61 Å².